The average molecular weight is 501 g/mol. The van der Waals surface area contributed by atoms with Gasteiger partial charge in [0.2, 0.25) is 0 Å². The third-order valence-corrected chi connectivity index (χ3v) is 10.6. The van der Waals surface area contributed by atoms with Crippen molar-refractivity contribution in [3.63, 3.8) is 0 Å². The zero-order chi connectivity index (χ0) is 24.6. The zero-order valence-electron chi connectivity index (χ0n) is 20.3. The Hall–Kier alpha value is -3.53. The molecule has 0 heterocycles. The first-order valence-corrected chi connectivity index (χ1v) is 14.0. The van der Waals surface area contributed by atoms with Gasteiger partial charge >= 0.3 is 0 Å². The van der Waals surface area contributed by atoms with E-state index < -0.39 is 18.1 Å². The van der Waals surface area contributed by atoms with Crippen LogP contribution in [0.2, 0.25) is 0 Å². The van der Waals surface area contributed by atoms with Crippen molar-refractivity contribution in [2.45, 2.75) is 0 Å². The van der Waals surface area contributed by atoms with Crippen LogP contribution < -0.4 is 39.7 Å². The molecule has 0 saturated heterocycles. The molecule has 0 aliphatic carbocycles. The molecular weight excluding hydrogens is 472 g/mol. The fraction of sp³-hybridized carbons (Fsp3) is 0.143. The molecule has 0 atom stereocenters. The van der Waals surface area contributed by atoms with E-state index in [9.17, 15) is 0 Å². The number of methoxy groups -OCH3 is 4. The lowest BCUT2D eigenvalue weighted by Crippen LogP contribution is -2.56. The van der Waals surface area contributed by atoms with Gasteiger partial charge < -0.3 is 23.1 Å². The molecule has 0 spiro atoms. The second-order valence-electron chi connectivity index (χ2n) is 7.63. The first-order chi connectivity index (χ1) is 17.2. The normalized spacial score (nSPS) is 10.9. The van der Waals surface area contributed by atoms with Gasteiger partial charge in [-0.25, -0.2) is 0 Å². The molecule has 2 radical (unpaired) electrons. The van der Waals surface area contributed by atoms with Gasteiger partial charge in [0.25, 0.3) is 18.1 Å². The summed E-state index contributed by atoms with van der Waals surface area (Å²) in [5.74, 6) is 2.76. The van der Waals surface area contributed by atoms with Crippen LogP contribution in [0.3, 0.4) is 0 Å². The summed E-state index contributed by atoms with van der Waals surface area (Å²) in [6.07, 6.45) is 0. The Kier molecular flexibility index (Phi) is 8.25. The van der Waals surface area contributed by atoms with Crippen LogP contribution in [0, 0.1) is 0 Å². The minimum Gasteiger partial charge on any atom is -0.493 e. The Bertz CT molecular complexity index is 1140. The van der Waals surface area contributed by atoms with E-state index in [1.54, 1.807) is 28.4 Å². The molecule has 0 aliphatic rings. The largest absolute Gasteiger partial charge is 0.493 e. The van der Waals surface area contributed by atoms with E-state index in [1.165, 1.54) is 0 Å². The zero-order valence-corrected chi connectivity index (χ0v) is 22.3. The molecular formula is C28H28O5Si2. The van der Waals surface area contributed by atoms with E-state index in [4.69, 9.17) is 23.1 Å². The summed E-state index contributed by atoms with van der Waals surface area (Å²) in [4.78, 5) is 0. The van der Waals surface area contributed by atoms with Gasteiger partial charge in [0.15, 0.2) is 23.0 Å². The standard InChI is InChI=1S/C28H28O5Si2/c1-29-25-17-15-23(19-27(25)31-3)34(21-11-7-5-8-12-21)33-35(22-13-9-6-10-14-22)24-16-18-26(30-2)28(20-24)32-4/h5-20H,1-4H3. The van der Waals surface area contributed by atoms with Crippen LogP contribution in [0.1, 0.15) is 0 Å². The third kappa shape index (κ3) is 5.59. The minimum absolute atomic E-state index is 0.687. The predicted molar refractivity (Wildman–Crippen MR) is 143 cm³/mol. The van der Waals surface area contributed by atoms with Crippen LogP contribution in [-0.2, 0) is 4.12 Å². The molecule has 178 valence electrons. The molecule has 0 bridgehead atoms. The van der Waals surface area contributed by atoms with E-state index >= 15 is 0 Å². The van der Waals surface area contributed by atoms with Crippen molar-refractivity contribution < 1.29 is 23.1 Å². The maximum absolute atomic E-state index is 7.15. The van der Waals surface area contributed by atoms with Crippen LogP contribution in [-0.4, -0.2) is 46.5 Å². The molecule has 0 N–H and O–H groups in total. The summed E-state index contributed by atoms with van der Waals surface area (Å²) in [5, 5.41) is 4.47. The highest BCUT2D eigenvalue weighted by Crippen LogP contribution is 2.26. The van der Waals surface area contributed by atoms with Crippen LogP contribution in [0.4, 0.5) is 0 Å². The SMILES string of the molecule is COc1ccc([Si](O[Si](c2ccccc2)c2ccc(OC)c(OC)c2)c2ccccc2)cc1OC. The van der Waals surface area contributed by atoms with Crippen molar-refractivity contribution in [1.82, 2.24) is 0 Å². The topological polar surface area (TPSA) is 46.2 Å². The van der Waals surface area contributed by atoms with Crippen molar-refractivity contribution in [1.29, 1.82) is 0 Å². The number of rotatable bonds is 10. The number of hydrogen-bond acceptors (Lipinski definition) is 5. The summed E-state index contributed by atoms with van der Waals surface area (Å²) >= 11 is 0. The Morgan fingerprint density at radius 1 is 0.400 bits per heavy atom. The second kappa shape index (κ2) is 11.7. The van der Waals surface area contributed by atoms with Gasteiger partial charge in [-0.1, -0.05) is 72.8 Å². The Morgan fingerprint density at radius 2 is 0.771 bits per heavy atom. The second-order valence-corrected chi connectivity index (χ2v) is 12.1. The summed E-state index contributed by atoms with van der Waals surface area (Å²) in [6.45, 7) is 0. The summed E-state index contributed by atoms with van der Waals surface area (Å²) in [5.41, 5.74) is 0. The monoisotopic (exact) mass is 500 g/mol. The van der Waals surface area contributed by atoms with Gasteiger partial charge in [0.05, 0.1) is 28.4 Å². The van der Waals surface area contributed by atoms with Gasteiger partial charge in [0.1, 0.15) is 0 Å². The fourth-order valence-electron chi connectivity index (χ4n) is 3.81. The Labute approximate surface area is 210 Å². The molecule has 0 unspecified atom stereocenters. The number of hydrogen-bond donors (Lipinski definition) is 0. The molecule has 0 aliphatic heterocycles. The molecule has 35 heavy (non-hydrogen) atoms. The lowest BCUT2D eigenvalue weighted by atomic mass is 10.3. The van der Waals surface area contributed by atoms with Crippen molar-refractivity contribution in [3.05, 3.63) is 97.1 Å². The Balaban J connectivity index is 1.83. The van der Waals surface area contributed by atoms with Crippen molar-refractivity contribution in [3.8, 4) is 23.0 Å². The van der Waals surface area contributed by atoms with Crippen LogP contribution in [0.15, 0.2) is 97.1 Å². The third-order valence-electron chi connectivity index (χ3n) is 5.57. The highest BCUT2D eigenvalue weighted by atomic mass is 28.4. The van der Waals surface area contributed by atoms with Crippen molar-refractivity contribution in [2.75, 3.05) is 28.4 Å². The highest BCUT2D eigenvalue weighted by Gasteiger charge is 2.29. The van der Waals surface area contributed by atoms with Gasteiger partial charge in [-0.3, -0.25) is 0 Å². The van der Waals surface area contributed by atoms with Gasteiger partial charge in [-0.15, -0.1) is 0 Å². The van der Waals surface area contributed by atoms with Crippen molar-refractivity contribution >= 4 is 38.8 Å². The van der Waals surface area contributed by atoms with Crippen LogP contribution in [0.5, 0.6) is 23.0 Å². The maximum Gasteiger partial charge on any atom is 0.272 e. The van der Waals surface area contributed by atoms with E-state index in [2.05, 4.69) is 60.7 Å². The fourth-order valence-corrected chi connectivity index (χ4v) is 9.16. The highest BCUT2D eigenvalue weighted by molar-refractivity contribution is 6.91. The van der Waals surface area contributed by atoms with Gasteiger partial charge in [-0.2, -0.15) is 0 Å². The number of ether oxygens (including phenoxy) is 4. The summed E-state index contributed by atoms with van der Waals surface area (Å²) < 4.78 is 29.3. The molecule has 4 rings (SSSR count). The maximum atomic E-state index is 7.15. The van der Waals surface area contributed by atoms with Gasteiger partial charge in [0, 0.05) is 0 Å². The van der Waals surface area contributed by atoms with E-state index in [0.717, 1.165) is 20.7 Å². The van der Waals surface area contributed by atoms with Crippen molar-refractivity contribution in [2.24, 2.45) is 0 Å². The van der Waals surface area contributed by atoms with E-state index in [0.29, 0.717) is 23.0 Å². The quantitative estimate of drug-likeness (QED) is 0.313. The molecule has 0 fully saturated rings. The lowest BCUT2D eigenvalue weighted by Gasteiger charge is -2.24. The molecule has 0 aromatic heterocycles. The molecule has 0 amide bonds. The van der Waals surface area contributed by atoms with E-state index in [1.807, 2.05) is 36.4 Å². The molecule has 0 saturated carbocycles. The predicted octanol–water partition coefficient (Wildman–Crippen LogP) is 2.65. The van der Waals surface area contributed by atoms with Gasteiger partial charge in [-0.05, 0) is 45.0 Å². The van der Waals surface area contributed by atoms with E-state index in [-0.39, 0.29) is 0 Å². The summed E-state index contributed by atoms with van der Waals surface area (Å²) in [6, 6.07) is 32.8. The summed E-state index contributed by atoms with van der Waals surface area (Å²) in [7, 11) is 3.30. The first kappa shape index (κ1) is 24.6. The molecule has 4 aromatic rings. The first-order valence-electron chi connectivity index (χ1n) is 11.2. The smallest absolute Gasteiger partial charge is 0.272 e. The molecule has 5 nitrogen and oxygen atoms in total. The molecule has 7 heteroatoms. The molecule has 4 aromatic carbocycles. The van der Waals surface area contributed by atoms with Crippen LogP contribution >= 0.6 is 0 Å². The minimum atomic E-state index is -1.65. The van der Waals surface area contributed by atoms with Crippen LogP contribution in [0.25, 0.3) is 0 Å². The average Bonchev–Trinajstić information content (AvgIpc) is 2.94. The lowest BCUT2D eigenvalue weighted by molar-refractivity contribution is 0.355. The number of benzene rings is 4. The Morgan fingerprint density at radius 3 is 1.11 bits per heavy atom.